The predicted octanol–water partition coefficient (Wildman–Crippen LogP) is 0.706. The number of nitrogens with one attached hydrogen (secondary N) is 1. The zero-order valence-electron chi connectivity index (χ0n) is 7.51. The monoisotopic (exact) mass is 211 g/mol. The minimum Gasteiger partial charge on any atom is -0.285 e. The average Bonchev–Trinajstić information content (AvgIpc) is 2.47. The van der Waals surface area contributed by atoms with Gasteiger partial charge in [-0.05, 0) is 12.1 Å². The number of imidazole rings is 1. The van der Waals surface area contributed by atoms with Crippen LogP contribution in [0.5, 0.6) is 0 Å². The Morgan fingerprint density at radius 3 is 2.93 bits per heavy atom. The van der Waals surface area contributed by atoms with Crippen LogP contribution in [-0.2, 0) is 10.0 Å². The number of anilines is 1. The van der Waals surface area contributed by atoms with Crippen LogP contribution in [0.15, 0.2) is 30.6 Å². The molecule has 74 valence electrons. The van der Waals surface area contributed by atoms with E-state index in [2.05, 4.69) is 9.71 Å². The first-order valence-electron chi connectivity index (χ1n) is 3.96. The minimum atomic E-state index is -3.27. The van der Waals surface area contributed by atoms with E-state index >= 15 is 0 Å². The molecule has 0 saturated heterocycles. The molecule has 2 aromatic heterocycles. The Balaban J connectivity index is 2.54. The molecule has 2 rings (SSSR count). The fourth-order valence-corrected chi connectivity index (χ4v) is 1.67. The molecule has 6 heteroatoms. The molecule has 14 heavy (non-hydrogen) atoms. The van der Waals surface area contributed by atoms with Crippen molar-refractivity contribution < 1.29 is 8.42 Å². The maximum absolute atomic E-state index is 11.0. The molecule has 0 saturated carbocycles. The molecule has 0 aliphatic carbocycles. The smallest absolute Gasteiger partial charge is 0.232 e. The van der Waals surface area contributed by atoms with Crippen LogP contribution in [-0.4, -0.2) is 24.1 Å². The van der Waals surface area contributed by atoms with Crippen LogP contribution in [0.2, 0.25) is 0 Å². The summed E-state index contributed by atoms with van der Waals surface area (Å²) < 4.78 is 26.0. The molecule has 0 spiro atoms. The highest BCUT2D eigenvalue weighted by Gasteiger charge is 2.06. The molecular weight excluding hydrogens is 202 g/mol. The minimum absolute atomic E-state index is 0.308. The Hall–Kier alpha value is -1.56. The van der Waals surface area contributed by atoms with Gasteiger partial charge in [0.1, 0.15) is 0 Å². The highest BCUT2D eigenvalue weighted by atomic mass is 32.2. The fraction of sp³-hybridized carbons (Fsp3) is 0.125. The molecule has 5 nitrogen and oxygen atoms in total. The first kappa shape index (κ1) is 9.01. The number of fused-ring (bicyclic) bond motifs is 1. The van der Waals surface area contributed by atoms with Gasteiger partial charge in [0, 0.05) is 6.20 Å². The van der Waals surface area contributed by atoms with E-state index in [1.807, 2.05) is 18.2 Å². The summed E-state index contributed by atoms with van der Waals surface area (Å²) in [4.78, 5) is 3.95. The number of pyridine rings is 1. The van der Waals surface area contributed by atoms with Crippen LogP contribution in [0.1, 0.15) is 0 Å². The Kier molecular flexibility index (Phi) is 1.92. The number of rotatable bonds is 2. The van der Waals surface area contributed by atoms with Crippen LogP contribution >= 0.6 is 0 Å². The molecule has 2 heterocycles. The highest BCUT2D eigenvalue weighted by molar-refractivity contribution is 7.91. The SMILES string of the molecule is CS(=O)(=O)Nc1ncc2ccccn12. The molecule has 0 bridgehead atoms. The number of hydrogen-bond donors (Lipinski definition) is 1. The maximum Gasteiger partial charge on any atom is 0.232 e. The Morgan fingerprint density at radius 2 is 2.21 bits per heavy atom. The van der Waals surface area contributed by atoms with Gasteiger partial charge < -0.3 is 0 Å². The van der Waals surface area contributed by atoms with Crippen LogP contribution in [0.4, 0.5) is 5.95 Å². The molecule has 0 amide bonds. The Labute approximate surface area is 81.4 Å². The lowest BCUT2D eigenvalue weighted by molar-refractivity contribution is 0.606. The molecule has 0 aromatic carbocycles. The maximum atomic E-state index is 11.0. The molecular formula is C8H9N3O2S. The summed E-state index contributed by atoms with van der Waals surface area (Å²) in [7, 11) is -3.27. The lowest BCUT2D eigenvalue weighted by atomic mass is 10.4. The Bertz CT molecular complexity index is 559. The van der Waals surface area contributed by atoms with E-state index in [1.54, 1.807) is 16.8 Å². The summed E-state index contributed by atoms with van der Waals surface area (Å²) in [6, 6.07) is 5.52. The third-order valence-corrected chi connectivity index (χ3v) is 2.27. The normalized spacial score (nSPS) is 11.8. The average molecular weight is 211 g/mol. The zero-order chi connectivity index (χ0) is 10.2. The van der Waals surface area contributed by atoms with Crippen LogP contribution in [0, 0.1) is 0 Å². The standard InChI is InChI=1S/C8H9N3O2S/c1-14(12,13)10-8-9-6-7-4-2-3-5-11(7)8/h2-6H,1H3,(H,9,10). The van der Waals surface area contributed by atoms with Gasteiger partial charge in [0.25, 0.3) is 0 Å². The van der Waals surface area contributed by atoms with Gasteiger partial charge in [-0.25, -0.2) is 13.4 Å². The van der Waals surface area contributed by atoms with Crippen molar-refractivity contribution in [2.24, 2.45) is 0 Å². The van der Waals surface area contributed by atoms with Gasteiger partial charge in [0.05, 0.1) is 18.0 Å². The van der Waals surface area contributed by atoms with E-state index in [-0.39, 0.29) is 0 Å². The third kappa shape index (κ3) is 1.69. The predicted molar refractivity (Wildman–Crippen MR) is 53.7 cm³/mol. The lowest BCUT2D eigenvalue weighted by Crippen LogP contribution is -2.12. The first-order chi connectivity index (χ1) is 6.56. The summed E-state index contributed by atoms with van der Waals surface area (Å²) in [5.74, 6) is 0.308. The van der Waals surface area contributed by atoms with Crippen molar-refractivity contribution in [1.82, 2.24) is 9.38 Å². The Morgan fingerprint density at radius 1 is 1.43 bits per heavy atom. The molecule has 0 atom stereocenters. The van der Waals surface area contributed by atoms with E-state index in [9.17, 15) is 8.42 Å². The van der Waals surface area contributed by atoms with Crippen LogP contribution < -0.4 is 4.72 Å². The van der Waals surface area contributed by atoms with E-state index in [0.29, 0.717) is 5.95 Å². The fourth-order valence-electron chi connectivity index (χ4n) is 1.19. The van der Waals surface area contributed by atoms with E-state index in [0.717, 1.165) is 11.8 Å². The van der Waals surface area contributed by atoms with Crippen molar-refractivity contribution >= 4 is 21.5 Å². The quantitative estimate of drug-likeness (QED) is 0.795. The van der Waals surface area contributed by atoms with Crippen molar-refractivity contribution in [2.75, 3.05) is 11.0 Å². The van der Waals surface area contributed by atoms with Gasteiger partial charge in [0.2, 0.25) is 16.0 Å². The number of aromatic nitrogens is 2. The molecule has 0 aliphatic rings. The van der Waals surface area contributed by atoms with Crippen molar-refractivity contribution in [3.05, 3.63) is 30.6 Å². The van der Waals surface area contributed by atoms with Crippen molar-refractivity contribution in [3.8, 4) is 0 Å². The first-order valence-corrected chi connectivity index (χ1v) is 5.85. The molecule has 1 N–H and O–H groups in total. The highest BCUT2D eigenvalue weighted by Crippen LogP contribution is 2.10. The van der Waals surface area contributed by atoms with Crippen molar-refractivity contribution in [2.45, 2.75) is 0 Å². The zero-order valence-corrected chi connectivity index (χ0v) is 8.32. The summed E-state index contributed by atoms with van der Waals surface area (Å²) >= 11 is 0. The largest absolute Gasteiger partial charge is 0.285 e. The summed E-state index contributed by atoms with van der Waals surface area (Å²) in [6.07, 6.45) is 4.44. The summed E-state index contributed by atoms with van der Waals surface area (Å²) in [5.41, 5.74) is 0.846. The van der Waals surface area contributed by atoms with E-state index in [4.69, 9.17) is 0 Å². The van der Waals surface area contributed by atoms with Crippen molar-refractivity contribution in [3.63, 3.8) is 0 Å². The number of nitrogens with zero attached hydrogens (tertiary/aromatic N) is 2. The number of hydrogen-bond acceptors (Lipinski definition) is 3. The van der Waals surface area contributed by atoms with E-state index < -0.39 is 10.0 Å². The molecule has 0 aliphatic heterocycles. The van der Waals surface area contributed by atoms with Gasteiger partial charge in [-0.1, -0.05) is 6.07 Å². The van der Waals surface area contributed by atoms with Gasteiger partial charge >= 0.3 is 0 Å². The van der Waals surface area contributed by atoms with Gasteiger partial charge in [-0.2, -0.15) is 0 Å². The molecule has 0 unspecified atom stereocenters. The third-order valence-electron chi connectivity index (χ3n) is 1.72. The number of sulfonamides is 1. The van der Waals surface area contributed by atoms with Crippen LogP contribution in [0.3, 0.4) is 0 Å². The summed E-state index contributed by atoms with van der Waals surface area (Å²) in [5, 5.41) is 0. The molecule has 0 radical (unpaired) electrons. The lowest BCUT2D eigenvalue weighted by Gasteiger charge is -2.01. The van der Waals surface area contributed by atoms with Gasteiger partial charge in [-0.15, -0.1) is 0 Å². The second-order valence-electron chi connectivity index (χ2n) is 2.95. The molecule has 0 fully saturated rings. The summed E-state index contributed by atoms with van der Waals surface area (Å²) in [6.45, 7) is 0. The van der Waals surface area contributed by atoms with Crippen LogP contribution in [0.25, 0.3) is 5.52 Å². The van der Waals surface area contributed by atoms with Crippen molar-refractivity contribution in [1.29, 1.82) is 0 Å². The second kappa shape index (κ2) is 2.98. The van der Waals surface area contributed by atoms with E-state index in [1.165, 1.54) is 0 Å². The second-order valence-corrected chi connectivity index (χ2v) is 4.70. The topological polar surface area (TPSA) is 63.5 Å². The van der Waals surface area contributed by atoms with Gasteiger partial charge in [0.15, 0.2) is 0 Å². The van der Waals surface area contributed by atoms with Gasteiger partial charge in [-0.3, -0.25) is 9.12 Å². The molecule has 2 aromatic rings.